The summed E-state index contributed by atoms with van der Waals surface area (Å²) in [4.78, 5) is 13.3. The molecule has 18 heteroatoms. The van der Waals surface area contributed by atoms with Crippen molar-refractivity contribution in [3.8, 4) is 23.0 Å². The Bertz CT molecular complexity index is 2010. The lowest BCUT2D eigenvalue weighted by Crippen LogP contribution is -1.86. The van der Waals surface area contributed by atoms with Crippen molar-refractivity contribution >= 4 is 88.2 Å². The second-order valence-electron chi connectivity index (χ2n) is 8.82. The van der Waals surface area contributed by atoms with Gasteiger partial charge in [-0.15, -0.1) is 12.6 Å². The van der Waals surface area contributed by atoms with E-state index in [2.05, 4.69) is 43.9 Å². The van der Waals surface area contributed by atoms with E-state index < -0.39 is 24.2 Å². The Balaban J connectivity index is 0.000000732. The van der Waals surface area contributed by atoms with Crippen LogP contribution < -0.4 is 9.47 Å². The molecule has 0 aromatic heterocycles. The first-order valence-corrected chi connectivity index (χ1v) is 18.2. The van der Waals surface area contributed by atoms with Crippen molar-refractivity contribution in [3.05, 3.63) is 142 Å². The van der Waals surface area contributed by atoms with E-state index in [1.165, 1.54) is 11.1 Å². The van der Waals surface area contributed by atoms with E-state index in [9.17, 15) is 0 Å². The molecule has 0 saturated carbocycles. The molecule has 266 valence electrons. The highest BCUT2D eigenvalue weighted by Crippen LogP contribution is 2.35. The third-order valence-electron chi connectivity index (χ3n) is 5.46. The fourth-order valence-corrected chi connectivity index (χ4v) is 3.43. The van der Waals surface area contributed by atoms with Crippen molar-refractivity contribution in [2.24, 2.45) is 0 Å². The number of halogens is 4. The van der Waals surface area contributed by atoms with Gasteiger partial charge in [0.05, 0.1) is 26.3 Å². The lowest BCUT2D eigenvalue weighted by molar-refractivity contribution is 0.482. The highest BCUT2D eigenvalue weighted by molar-refractivity contribution is 8.09. The standard InChI is InChI=1S/2C16H12N2O.CHCl3.ClHO3S.O3S/c2*1-4-12-6-5-7-13(10-12)19-14-8-9-15(17-2)16(11-14)18-3;2-1(3)4;1-5(2,3)4;1-4(2)3/h2*5-11H,4H2,1H3;1H;(H,2,3,4);. The summed E-state index contributed by atoms with van der Waals surface area (Å²) in [6.07, 6.45) is 1.89. The average molecular weight is 813 g/mol. The van der Waals surface area contributed by atoms with Crippen LogP contribution in [0.1, 0.15) is 25.0 Å². The molecule has 0 atom stereocenters. The van der Waals surface area contributed by atoms with Gasteiger partial charge in [-0.3, -0.25) is 14.2 Å². The molecule has 4 aromatic rings. The molecule has 0 heterocycles. The van der Waals surface area contributed by atoms with Crippen LogP contribution in [0.3, 0.4) is 0 Å². The van der Waals surface area contributed by atoms with E-state index in [1.807, 2.05) is 48.5 Å². The zero-order chi connectivity index (χ0) is 39.0. The van der Waals surface area contributed by atoms with E-state index in [4.69, 9.17) is 96.2 Å². The van der Waals surface area contributed by atoms with Crippen LogP contribution in [0.5, 0.6) is 23.0 Å². The summed E-state index contributed by atoms with van der Waals surface area (Å²) in [7, 11) is -3.25. The Morgan fingerprint density at radius 3 is 1.16 bits per heavy atom. The minimum absolute atomic E-state index is 0.319. The molecule has 51 heavy (non-hydrogen) atoms. The van der Waals surface area contributed by atoms with Crippen molar-refractivity contribution in [1.29, 1.82) is 0 Å². The summed E-state index contributed by atoms with van der Waals surface area (Å²) in [6.45, 7) is 32.2. The molecule has 0 amide bonds. The second kappa shape index (κ2) is 25.1. The molecule has 0 radical (unpaired) electrons. The maximum absolute atomic E-state index is 8.95. The van der Waals surface area contributed by atoms with Gasteiger partial charge in [0.15, 0.2) is 27.0 Å². The average Bonchev–Trinajstić information content (AvgIpc) is 3.07. The molecule has 0 unspecified atom stereocenters. The summed E-state index contributed by atoms with van der Waals surface area (Å²) in [5.41, 5.74) is 3.73. The molecule has 1 N–H and O–H groups in total. The summed E-state index contributed by atoms with van der Waals surface area (Å²) in [5, 5.41) is 0. The highest BCUT2D eigenvalue weighted by Gasteiger charge is 2.07. The molecule has 4 aromatic carbocycles. The number of nitrogens with zero attached hydrogens (tertiary/aromatic N) is 4. The van der Waals surface area contributed by atoms with E-state index >= 15 is 0 Å². The molecular formula is C33H26Cl4N4O8S2. The molecule has 0 aliphatic rings. The monoisotopic (exact) mass is 810 g/mol. The molecule has 12 nitrogen and oxygen atoms in total. The maximum Gasteiger partial charge on any atom is 0.425 e. The van der Waals surface area contributed by atoms with Crippen molar-refractivity contribution in [2.75, 3.05) is 0 Å². The number of ether oxygens (including phenoxy) is 2. The van der Waals surface area contributed by atoms with Gasteiger partial charge in [-0.2, -0.15) is 8.42 Å². The Kier molecular flexibility index (Phi) is 22.7. The van der Waals surface area contributed by atoms with Crippen LogP contribution in [0.2, 0.25) is 0 Å². The number of rotatable bonds is 6. The smallest absolute Gasteiger partial charge is 0.425 e. The molecule has 0 aliphatic heterocycles. The Hall–Kier alpha value is -4.87. The largest absolute Gasteiger partial charge is 0.459 e. The van der Waals surface area contributed by atoms with Gasteiger partial charge in [-0.05, 0) is 72.5 Å². The third kappa shape index (κ3) is 22.5. The van der Waals surface area contributed by atoms with E-state index in [1.54, 1.807) is 36.4 Å². The van der Waals surface area contributed by atoms with Gasteiger partial charge in [0.25, 0.3) is 0 Å². The Morgan fingerprint density at radius 2 is 0.902 bits per heavy atom. The van der Waals surface area contributed by atoms with Crippen molar-refractivity contribution in [2.45, 2.75) is 31.0 Å². The summed E-state index contributed by atoms with van der Waals surface area (Å²) in [6, 6.07) is 25.5. The molecule has 0 fully saturated rings. The van der Waals surface area contributed by atoms with Gasteiger partial charge in [0.1, 0.15) is 23.0 Å². The van der Waals surface area contributed by atoms with Crippen molar-refractivity contribution in [3.63, 3.8) is 0 Å². The number of aryl methyl sites for hydroxylation is 2. The minimum atomic E-state index is -4.19. The fourth-order valence-electron chi connectivity index (χ4n) is 3.43. The van der Waals surface area contributed by atoms with Crippen LogP contribution in [-0.4, -0.2) is 29.9 Å². The predicted molar refractivity (Wildman–Crippen MR) is 198 cm³/mol. The number of benzene rings is 4. The van der Waals surface area contributed by atoms with Crippen LogP contribution >= 0.6 is 45.5 Å². The van der Waals surface area contributed by atoms with Crippen molar-refractivity contribution in [1.82, 2.24) is 0 Å². The molecule has 4 rings (SSSR count). The Morgan fingerprint density at radius 1 is 0.627 bits per heavy atom. The topological polar surface area (TPSA) is 141 Å². The quantitative estimate of drug-likeness (QED) is 0.0878. The van der Waals surface area contributed by atoms with Gasteiger partial charge in [-0.25, -0.2) is 9.69 Å². The van der Waals surface area contributed by atoms with Gasteiger partial charge in [-0.1, -0.05) is 85.0 Å². The maximum atomic E-state index is 8.95. The van der Waals surface area contributed by atoms with Crippen LogP contribution in [0.25, 0.3) is 19.4 Å². The normalized spacial score (nSPS) is 9.33. The first-order chi connectivity index (χ1) is 24.0. The van der Waals surface area contributed by atoms with Gasteiger partial charge in [0.2, 0.25) is 0 Å². The second-order valence-corrected chi connectivity index (χ2v) is 13.2. The molecular weight excluding hydrogens is 786 g/mol. The zero-order valence-electron chi connectivity index (χ0n) is 26.5. The molecule has 0 bridgehead atoms. The lowest BCUT2D eigenvalue weighted by atomic mass is 10.2. The molecule has 0 spiro atoms. The highest BCUT2D eigenvalue weighted by atomic mass is 35.7. The van der Waals surface area contributed by atoms with Gasteiger partial charge >= 0.3 is 19.9 Å². The van der Waals surface area contributed by atoms with Crippen LogP contribution in [0.4, 0.5) is 22.7 Å². The third-order valence-corrected chi connectivity index (χ3v) is 5.46. The van der Waals surface area contributed by atoms with Gasteiger partial charge in [0, 0.05) is 10.7 Å². The predicted octanol–water partition coefficient (Wildman–Crippen LogP) is 11.3. The summed E-state index contributed by atoms with van der Waals surface area (Å²) < 4.78 is 61.2. The van der Waals surface area contributed by atoms with Crippen molar-refractivity contribution < 1.29 is 35.1 Å². The minimum Gasteiger partial charge on any atom is -0.459 e. The summed E-state index contributed by atoms with van der Waals surface area (Å²) in [5.74, 6) is 2.63. The van der Waals surface area contributed by atoms with E-state index in [-0.39, 0.29) is 0 Å². The van der Waals surface area contributed by atoms with Crippen LogP contribution in [0.15, 0.2) is 84.9 Å². The SMILES string of the molecule is ClC(Cl)Cl.O=S(=O)(O)Cl.O=S(=O)=O.[C-]#[N+]c1ccc(Oc2cccc(CC)c2)cc1[N+]#[C-].[C-]#[N+]c1ccc(Oc2cccc(CC)c2)cc1[N+]#[C-]. The first-order valence-electron chi connectivity index (χ1n) is 13.7. The number of hydrogen-bond acceptors (Lipinski definition) is 7. The fraction of sp³-hybridized carbons (Fsp3) is 0.152. The summed E-state index contributed by atoms with van der Waals surface area (Å²) >= 11 is 14.4. The van der Waals surface area contributed by atoms with Crippen LogP contribution in [-0.2, 0) is 32.8 Å². The number of alkyl halides is 3. The molecule has 0 saturated heterocycles. The lowest BCUT2D eigenvalue weighted by Gasteiger charge is -2.08. The zero-order valence-corrected chi connectivity index (χ0v) is 31.2. The van der Waals surface area contributed by atoms with E-state index in [0.29, 0.717) is 34.2 Å². The van der Waals surface area contributed by atoms with Gasteiger partial charge < -0.3 is 9.47 Å². The number of hydrogen-bond donors (Lipinski definition) is 1. The first kappa shape index (κ1) is 46.1. The molecule has 0 aliphatic carbocycles. The van der Waals surface area contributed by atoms with E-state index in [0.717, 1.165) is 24.3 Å². The Labute approximate surface area is 317 Å². The van der Waals surface area contributed by atoms with Crippen LogP contribution in [0, 0.1) is 26.3 Å².